The highest BCUT2D eigenvalue weighted by Gasteiger charge is 2.27. The quantitative estimate of drug-likeness (QED) is 0.571. The highest BCUT2D eigenvalue weighted by molar-refractivity contribution is 7.17. The molecular weight excluding hydrogens is 410 g/mol. The molecule has 4 N–H and O–H groups in total. The van der Waals surface area contributed by atoms with Crippen molar-refractivity contribution in [2.24, 2.45) is 5.73 Å². The number of aromatic amines is 1. The highest BCUT2D eigenvalue weighted by atomic mass is 32.1. The Balaban J connectivity index is 1.69. The number of primary amides is 1. The molecule has 0 atom stereocenters. The van der Waals surface area contributed by atoms with Crippen molar-refractivity contribution < 1.29 is 28.7 Å². The van der Waals surface area contributed by atoms with Crippen molar-refractivity contribution in [2.45, 2.75) is 39.5 Å². The van der Waals surface area contributed by atoms with Gasteiger partial charge in [-0.1, -0.05) is 6.92 Å². The van der Waals surface area contributed by atoms with E-state index in [1.54, 1.807) is 6.92 Å². The van der Waals surface area contributed by atoms with Crippen LogP contribution >= 0.6 is 11.3 Å². The zero-order chi connectivity index (χ0) is 22.0. The van der Waals surface area contributed by atoms with Gasteiger partial charge in [-0.3, -0.25) is 9.59 Å². The summed E-state index contributed by atoms with van der Waals surface area (Å²) >= 11 is 1.32. The number of ether oxygens (including phenoxy) is 2. The number of methoxy groups -OCH3 is 1. The number of fused-ring (bicyclic) bond motifs is 1. The summed E-state index contributed by atoms with van der Waals surface area (Å²) in [5.74, 6) is -2.50. The monoisotopic (exact) mass is 433 g/mol. The van der Waals surface area contributed by atoms with Gasteiger partial charge in [0.1, 0.15) is 10.7 Å². The SMILES string of the molecule is CCc1[nH]c(C(=O)OCC(=O)Nc2sc3c(c2C(N)=O)CCC3)c(C)c1C(=O)OC. The number of aryl methyl sites for hydroxylation is 2. The molecule has 0 radical (unpaired) electrons. The number of rotatable bonds is 7. The van der Waals surface area contributed by atoms with Crippen LogP contribution < -0.4 is 11.1 Å². The van der Waals surface area contributed by atoms with Gasteiger partial charge in [-0.25, -0.2) is 9.59 Å². The van der Waals surface area contributed by atoms with E-state index in [-0.39, 0.29) is 11.3 Å². The van der Waals surface area contributed by atoms with Crippen LogP contribution in [-0.4, -0.2) is 42.5 Å². The lowest BCUT2D eigenvalue weighted by Gasteiger charge is -2.07. The topological polar surface area (TPSA) is 141 Å². The lowest BCUT2D eigenvalue weighted by Crippen LogP contribution is -2.23. The summed E-state index contributed by atoms with van der Waals surface area (Å²) in [6, 6.07) is 0. The third-order valence-corrected chi connectivity index (χ3v) is 6.24. The molecule has 10 heteroatoms. The Morgan fingerprint density at radius 3 is 2.53 bits per heavy atom. The van der Waals surface area contributed by atoms with E-state index in [9.17, 15) is 19.2 Å². The number of nitrogens with one attached hydrogen (secondary N) is 2. The van der Waals surface area contributed by atoms with E-state index < -0.39 is 30.4 Å². The van der Waals surface area contributed by atoms with Gasteiger partial charge in [0.25, 0.3) is 11.8 Å². The van der Waals surface area contributed by atoms with Crippen molar-refractivity contribution in [1.29, 1.82) is 0 Å². The average Bonchev–Trinajstić information content (AvgIpc) is 3.37. The van der Waals surface area contributed by atoms with E-state index in [1.165, 1.54) is 18.4 Å². The van der Waals surface area contributed by atoms with Crippen molar-refractivity contribution in [3.63, 3.8) is 0 Å². The first-order valence-electron chi connectivity index (χ1n) is 9.49. The molecule has 2 aromatic rings. The number of esters is 2. The predicted molar refractivity (Wildman–Crippen MR) is 110 cm³/mol. The van der Waals surface area contributed by atoms with Gasteiger partial charge >= 0.3 is 11.9 Å². The Hall–Kier alpha value is -3.14. The molecule has 2 heterocycles. The summed E-state index contributed by atoms with van der Waals surface area (Å²) in [5, 5.41) is 3.00. The Morgan fingerprint density at radius 2 is 1.90 bits per heavy atom. The predicted octanol–water partition coefficient (Wildman–Crippen LogP) is 2.12. The van der Waals surface area contributed by atoms with Crippen molar-refractivity contribution in [3.05, 3.63) is 38.5 Å². The summed E-state index contributed by atoms with van der Waals surface area (Å²) < 4.78 is 9.86. The number of thiophene rings is 1. The van der Waals surface area contributed by atoms with Gasteiger partial charge in [-0.15, -0.1) is 11.3 Å². The van der Waals surface area contributed by atoms with E-state index in [4.69, 9.17) is 15.2 Å². The summed E-state index contributed by atoms with van der Waals surface area (Å²) in [6.45, 7) is 2.88. The molecule has 0 fully saturated rings. The first kappa shape index (κ1) is 21.6. The summed E-state index contributed by atoms with van der Waals surface area (Å²) in [4.78, 5) is 52.4. The molecule has 0 aliphatic heterocycles. The van der Waals surface area contributed by atoms with Crippen LogP contribution in [0.2, 0.25) is 0 Å². The Labute approximate surface area is 176 Å². The lowest BCUT2D eigenvalue weighted by atomic mass is 10.1. The van der Waals surface area contributed by atoms with E-state index in [0.717, 1.165) is 29.7 Å². The molecule has 1 aliphatic rings. The van der Waals surface area contributed by atoms with Crippen molar-refractivity contribution in [3.8, 4) is 0 Å². The van der Waals surface area contributed by atoms with Crippen LogP contribution in [0.3, 0.4) is 0 Å². The summed E-state index contributed by atoms with van der Waals surface area (Å²) in [7, 11) is 1.26. The number of hydrogen-bond acceptors (Lipinski definition) is 7. The van der Waals surface area contributed by atoms with Gasteiger partial charge in [0.2, 0.25) is 0 Å². The third kappa shape index (κ3) is 3.95. The van der Waals surface area contributed by atoms with Crippen molar-refractivity contribution in [1.82, 2.24) is 4.98 Å². The zero-order valence-electron chi connectivity index (χ0n) is 17.0. The molecule has 0 saturated carbocycles. The van der Waals surface area contributed by atoms with E-state index in [0.29, 0.717) is 28.2 Å². The molecule has 0 unspecified atom stereocenters. The molecule has 2 amide bonds. The molecular formula is C20H23N3O6S. The van der Waals surface area contributed by atoms with Gasteiger partial charge in [0.05, 0.1) is 18.2 Å². The summed E-state index contributed by atoms with van der Waals surface area (Å²) in [6.07, 6.45) is 3.04. The molecule has 9 nitrogen and oxygen atoms in total. The molecule has 30 heavy (non-hydrogen) atoms. The lowest BCUT2D eigenvalue weighted by molar-refractivity contribution is -0.119. The molecule has 0 aromatic carbocycles. The highest BCUT2D eigenvalue weighted by Crippen LogP contribution is 2.38. The van der Waals surface area contributed by atoms with Gasteiger partial charge in [-0.05, 0) is 43.7 Å². The maximum absolute atomic E-state index is 12.4. The van der Waals surface area contributed by atoms with Crippen LogP contribution in [0.25, 0.3) is 0 Å². The van der Waals surface area contributed by atoms with E-state index >= 15 is 0 Å². The number of hydrogen-bond donors (Lipinski definition) is 3. The second-order valence-electron chi connectivity index (χ2n) is 6.87. The van der Waals surface area contributed by atoms with E-state index in [2.05, 4.69) is 10.3 Å². The molecule has 3 rings (SSSR count). The van der Waals surface area contributed by atoms with Crippen LogP contribution in [-0.2, 0) is 33.5 Å². The minimum atomic E-state index is -0.767. The molecule has 2 aromatic heterocycles. The minimum Gasteiger partial charge on any atom is -0.465 e. The number of amides is 2. The fourth-order valence-corrected chi connectivity index (χ4v) is 4.94. The third-order valence-electron chi connectivity index (χ3n) is 5.03. The largest absolute Gasteiger partial charge is 0.465 e. The summed E-state index contributed by atoms with van der Waals surface area (Å²) in [5.41, 5.74) is 8.03. The van der Waals surface area contributed by atoms with Crippen molar-refractivity contribution in [2.75, 3.05) is 19.0 Å². The Morgan fingerprint density at radius 1 is 1.17 bits per heavy atom. The van der Waals surface area contributed by atoms with Gasteiger partial charge < -0.3 is 25.5 Å². The number of aromatic nitrogens is 1. The number of nitrogens with two attached hydrogens (primary N) is 1. The van der Waals surface area contributed by atoms with Crippen LogP contribution in [0, 0.1) is 6.92 Å². The van der Waals surface area contributed by atoms with Gasteiger partial charge in [-0.2, -0.15) is 0 Å². The maximum Gasteiger partial charge on any atom is 0.355 e. The second kappa shape index (κ2) is 8.70. The number of carbonyl (C=O) groups is 4. The molecule has 0 saturated heterocycles. The maximum atomic E-state index is 12.4. The van der Waals surface area contributed by atoms with Gasteiger partial charge in [0, 0.05) is 10.6 Å². The molecule has 160 valence electrons. The smallest absolute Gasteiger partial charge is 0.355 e. The Kier molecular flexibility index (Phi) is 6.25. The first-order chi connectivity index (χ1) is 14.3. The van der Waals surface area contributed by atoms with Crippen LogP contribution in [0.5, 0.6) is 0 Å². The van der Waals surface area contributed by atoms with Crippen LogP contribution in [0.1, 0.15) is 66.2 Å². The minimum absolute atomic E-state index is 0.0907. The van der Waals surface area contributed by atoms with Crippen LogP contribution in [0.15, 0.2) is 0 Å². The Bertz CT molecular complexity index is 1040. The normalized spacial score (nSPS) is 12.4. The molecule has 0 spiro atoms. The molecule has 0 bridgehead atoms. The number of anilines is 1. The zero-order valence-corrected chi connectivity index (χ0v) is 17.8. The molecule has 1 aliphatic carbocycles. The van der Waals surface area contributed by atoms with E-state index in [1.807, 2.05) is 6.92 Å². The second-order valence-corrected chi connectivity index (χ2v) is 7.98. The number of H-pyrrole nitrogens is 1. The fourth-order valence-electron chi connectivity index (χ4n) is 3.63. The standard InChI is InChI=1S/C20H23N3O6S/c1-4-11-14(19(26)28-3)9(2)16(22-11)20(27)29-8-13(24)23-18-15(17(21)25)10-6-5-7-12(10)30-18/h22H,4-8H2,1-3H3,(H2,21,25)(H,23,24). The van der Waals surface area contributed by atoms with Crippen molar-refractivity contribution >= 4 is 40.1 Å². The van der Waals surface area contributed by atoms with Crippen LogP contribution in [0.4, 0.5) is 5.00 Å². The first-order valence-corrected chi connectivity index (χ1v) is 10.3. The average molecular weight is 433 g/mol. The number of carbonyl (C=O) groups excluding carboxylic acids is 4. The van der Waals surface area contributed by atoms with Gasteiger partial charge in [0.15, 0.2) is 6.61 Å². The fraction of sp³-hybridized carbons (Fsp3) is 0.400.